The lowest BCUT2D eigenvalue weighted by atomic mass is 9.90. The number of hydrogen-bond donors (Lipinski definition) is 0. The van der Waals surface area contributed by atoms with E-state index in [2.05, 4.69) is 11.9 Å². The van der Waals surface area contributed by atoms with E-state index in [1.54, 1.807) is 12.3 Å². The highest BCUT2D eigenvalue weighted by Gasteiger charge is 2.36. The molecule has 0 spiro atoms. The minimum Gasteiger partial charge on any atom is -0.487 e. The quantitative estimate of drug-likeness (QED) is 0.616. The fraction of sp³-hybridized carbons (Fsp3) is 0.536. The van der Waals surface area contributed by atoms with Gasteiger partial charge in [0, 0.05) is 25.8 Å². The van der Waals surface area contributed by atoms with Crippen LogP contribution < -0.4 is 4.74 Å². The highest BCUT2D eigenvalue weighted by atomic mass is 16.5. The fourth-order valence-electron chi connectivity index (χ4n) is 5.23. The van der Waals surface area contributed by atoms with Crippen LogP contribution in [0.4, 0.5) is 0 Å². The largest absolute Gasteiger partial charge is 0.487 e. The first-order chi connectivity index (χ1) is 16.7. The van der Waals surface area contributed by atoms with Crippen molar-refractivity contribution in [1.82, 2.24) is 14.8 Å². The van der Waals surface area contributed by atoms with Crippen molar-refractivity contribution in [3.63, 3.8) is 0 Å². The molecule has 1 aliphatic carbocycles. The summed E-state index contributed by atoms with van der Waals surface area (Å²) in [6.07, 6.45) is 10.4. The predicted octanol–water partition coefficient (Wildman–Crippen LogP) is 5.34. The van der Waals surface area contributed by atoms with Crippen molar-refractivity contribution in [1.29, 1.82) is 0 Å². The molecule has 6 nitrogen and oxygen atoms in total. The molecule has 34 heavy (non-hydrogen) atoms. The molecule has 2 amide bonds. The summed E-state index contributed by atoms with van der Waals surface area (Å²) in [5.74, 6) is 0.655. The lowest BCUT2D eigenvalue weighted by molar-refractivity contribution is 0.0263. The van der Waals surface area contributed by atoms with Gasteiger partial charge >= 0.3 is 0 Å². The summed E-state index contributed by atoms with van der Waals surface area (Å²) in [4.78, 5) is 35.4. The smallest absolute Gasteiger partial charge is 0.272 e. The van der Waals surface area contributed by atoms with Crippen LogP contribution in [0.5, 0.6) is 5.75 Å². The van der Waals surface area contributed by atoms with Crippen LogP contribution >= 0.6 is 0 Å². The van der Waals surface area contributed by atoms with Crippen LogP contribution in [0.15, 0.2) is 48.7 Å². The average molecular weight is 464 g/mol. The van der Waals surface area contributed by atoms with Crippen LogP contribution in [0.3, 0.4) is 0 Å². The van der Waals surface area contributed by atoms with E-state index in [0.29, 0.717) is 23.6 Å². The van der Waals surface area contributed by atoms with Crippen LogP contribution in [0, 0.1) is 0 Å². The van der Waals surface area contributed by atoms with Gasteiger partial charge in [0.2, 0.25) is 0 Å². The molecule has 1 aromatic carbocycles. The van der Waals surface area contributed by atoms with Crippen molar-refractivity contribution >= 4 is 11.8 Å². The Kier molecular flexibility index (Phi) is 8.56. The number of aromatic nitrogens is 1. The SMILES string of the molecule is CCCN1CCCCCCN(C(=O)c2ccccn2)[C@@H]2CCCC[C@@H]2Oc2ccccc2C1=O. The number of carbonyl (C=O) groups is 2. The van der Waals surface area contributed by atoms with Gasteiger partial charge in [0.25, 0.3) is 11.8 Å². The van der Waals surface area contributed by atoms with E-state index in [0.717, 1.165) is 70.9 Å². The zero-order valence-corrected chi connectivity index (χ0v) is 20.3. The number of ether oxygens (including phenoxy) is 1. The molecule has 4 rings (SSSR count). The first-order valence-electron chi connectivity index (χ1n) is 13.0. The number of carbonyl (C=O) groups excluding carboxylic acids is 2. The normalized spacial score (nSPS) is 22.2. The molecule has 1 saturated carbocycles. The van der Waals surface area contributed by atoms with Gasteiger partial charge in [0.15, 0.2) is 0 Å². The Bertz CT molecular complexity index is 949. The number of para-hydroxylation sites is 1. The summed E-state index contributed by atoms with van der Waals surface area (Å²) in [5.41, 5.74) is 1.11. The summed E-state index contributed by atoms with van der Waals surface area (Å²) >= 11 is 0. The molecule has 0 N–H and O–H groups in total. The van der Waals surface area contributed by atoms with Gasteiger partial charge in [-0.25, -0.2) is 0 Å². The first-order valence-corrected chi connectivity index (χ1v) is 13.0. The Labute approximate surface area is 203 Å². The first kappa shape index (κ1) is 24.2. The van der Waals surface area contributed by atoms with Crippen molar-refractivity contribution in [3.8, 4) is 5.75 Å². The lowest BCUT2D eigenvalue weighted by Crippen LogP contribution is -2.51. The molecule has 1 fully saturated rings. The van der Waals surface area contributed by atoms with Crippen LogP contribution in [0.25, 0.3) is 0 Å². The number of amides is 2. The van der Waals surface area contributed by atoms with Crippen molar-refractivity contribution in [2.24, 2.45) is 0 Å². The van der Waals surface area contributed by atoms with E-state index in [1.165, 1.54) is 0 Å². The standard InChI is InChI=1S/C28H37N3O3/c1-2-19-30-20-11-3-4-12-21-31(28(33)23-14-9-10-18-29-23)24-15-6-8-17-26(24)34-25-16-7-5-13-22(25)27(30)32/h5,7,9-10,13-14,16,18,24,26H,2-4,6,8,11-12,15,17,19-21H2,1H3/t24-,26+/m1/s1. The molecule has 0 unspecified atom stereocenters. The van der Waals surface area contributed by atoms with Crippen LogP contribution in [0.1, 0.15) is 85.6 Å². The van der Waals surface area contributed by atoms with Gasteiger partial charge in [-0.1, -0.05) is 44.4 Å². The van der Waals surface area contributed by atoms with E-state index in [1.807, 2.05) is 46.2 Å². The third-order valence-corrected chi connectivity index (χ3v) is 6.97. The van der Waals surface area contributed by atoms with E-state index in [9.17, 15) is 9.59 Å². The zero-order chi connectivity index (χ0) is 23.8. The molecule has 2 aromatic rings. The Balaban J connectivity index is 1.67. The summed E-state index contributed by atoms with van der Waals surface area (Å²) in [5, 5.41) is 0. The number of nitrogens with zero attached hydrogens (tertiary/aromatic N) is 3. The minimum atomic E-state index is -0.141. The van der Waals surface area contributed by atoms with Gasteiger partial charge in [-0.2, -0.15) is 0 Å². The number of benzene rings is 1. The van der Waals surface area contributed by atoms with Gasteiger partial charge in [0.1, 0.15) is 17.5 Å². The number of pyridine rings is 1. The van der Waals surface area contributed by atoms with E-state index in [-0.39, 0.29) is 24.0 Å². The number of hydrogen-bond acceptors (Lipinski definition) is 4. The Hall–Kier alpha value is -2.89. The van der Waals surface area contributed by atoms with Crippen molar-refractivity contribution in [2.75, 3.05) is 19.6 Å². The fourth-order valence-corrected chi connectivity index (χ4v) is 5.23. The second-order valence-corrected chi connectivity index (χ2v) is 9.42. The van der Waals surface area contributed by atoms with Gasteiger partial charge in [0.05, 0.1) is 11.6 Å². The molecule has 0 radical (unpaired) electrons. The zero-order valence-electron chi connectivity index (χ0n) is 20.3. The maximum Gasteiger partial charge on any atom is 0.272 e. The molecule has 0 bridgehead atoms. The Morgan fingerprint density at radius 2 is 1.74 bits per heavy atom. The molecule has 6 heteroatoms. The topological polar surface area (TPSA) is 62.7 Å². The van der Waals surface area contributed by atoms with Gasteiger partial charge < -0.3 is 14.5 Å². The third-order valence-electron chi connectivity index (χ3n) is 6.97. The maximum absolute atomic E-state index is 13.6. The summed E-state index contributed by atoms with van der Waals surface area (Å²) < 4.78 is 6.60. The maximum atomic E-state index is 13.6. The predicted molar refractivity (Wildman–Crippen MR) is 133 cm³/mol. The summed E-state index contributed by atoms with van der Waals surface area (Å²) in [6, 6.07) is 13.1. The number of fused-ring (bicyclic) bond motifs is 2. The van der Waals surface area contributed by atoms with Crippen molar-refractivity contribution < 1.29 is 14.3 Å². The molecular formula is C28H37N3O3. The summed E-state index contributed by atoms with van der Waals surface area (Å²) in [6.45, 7) is 4.33. The highest BCUT2D eigenvalue weighted by Crippen LogP contribution is 2.31. The third kappa shape index (κ3) is 5.78. The van der Waals surface area contributed by atoms with Crippen LogP contribution in [0.2, 0.25) is 0 Å². The molecule has 0 saturated heterocycles. The average Bonchev–Trinajstić information content (AvgIpc) is 2.88. The van der Waals surface area contributed by atoms with Gasteiger partial charge in [-0.15, -0.1) is 0 Å². The van der Waals surface area contributed by atoms with E-state index in [4.69, 9.17) is 4.74 Å². The monoisotopic (exact) mass is 463 g/mol. The molecule has 2 atom stereocenters. The lowest BCUT2D eigenvalue weighted by Gasteiger charge is -2.40. The van der Waals surface area contributed by atoms with E-state index < -0.39 is 0 Å². The van der Waals surface area contributed by atoms with Gasteiger partial charge in [-0.3, -0.25) is 14.6 Å². The molecule has 2 aliphatic rings. The van der Waals surface area contributed by atoms with E-state index >= 15 is 0 Å². The molecule has 2 heterocycles. The van der Waals surface area contributed by atoms with Crippen molar-refractivity contribution in [3.05, 3.63) is 59.9 Å². The van der Waals surface area contributed by atoms with Crippen LogP contribution in [-0.4, -0.2) is 58.4 Å². The minimum absolute atomic E-state index is 0.0216. The molecular weight excluding hydrogens is 426 g/mol. The Morgan fingerprint density at radius 1 is 0.971 bits per heavy atom. The highest BCUT2D eigenvalue weighted by molar-refractivity contribution is 5.97. The molecule has 1 aliphatic heterocycles. The molecule has 1 aromatic heterocycles. The molecule has 182 valence electrons. The van der Waals surface area contributed by atoms with Crippen molar-refractivity contribution in [2.45, 2.75) is 76.9 Å². The van der Waals surface area contributed by atoms with Gasteiger partial charge in [-0.05, 0) is 62.8 Å². The second-order valence-electron chi connectivity index (χ2n) is 9.42. The second kappa shape index (κ2) is 12.0. The Morgan fingerprint density at radius 3 is 2.53 bits per heavy atom. The summed E-state index contributed by atoms with van der Waals surface area (Å²) in [7, 11) is 0. The van der Waals surface area contributed by atoms with Crippen LogP contribution in [-0.2, 0) is 0 Å². The number of rotatable bonds is 3.